The molecule has 2 aliphatic heterocycles. The number of anilines is 1. The number of amides is 3. The van der Waals surface area contributed by atoms with Crippen molar-refractivity contribution >= 4 is 23.4 Å². The van der Waals surface area contributed by atoms with Crippen LogP contribution in [-0.4, -0.2) is 29.9 Å². The summed E-state index contributed by atoms with van der Waals surface area (Å²) in [6.45, 7) is 2.14. The van der Waals surface area contributed by atoms with Gasteiger partial charge in [-0.05, 0) is 18.2 Å². The number of hydrogen-bond donors (Lipinski definition) is 1. The molecule has 1 fully saturated rings. The summed E-state index contributed by atoms with van der Waals surface area (Å²) in [5.74, 6) is 1.49. The van der Waals surface area contributed by atoms with Gasteiger partial charge in [0.15, 0.2) is 5.66 Å². The van der Waals surface area contributed by atoms with Gasteiger partial charge in [0.2, 0.25) is 11.8 Å². The number of carbonyl (C=O) groups is 3. The Morgan fingerprint density at radius 1 is 1.38 bits per heavy atom. The summed E-state index contributed by atoms with van der Waals surface area (Å²) in [5.41, 5.74) is 0.381. The van der Waals surface area contributed by atoms with E-state index in [9.17, 15) is 14.4 Å². The van der Waals surface area contributed by atoms with Crippen molar-refractivity contribution in [2.75, 3.05) is 11.4 Å². The third-order valence-electron chi connectivity index (χ3n) is 4.60. The number of terminal acetylenes is 1. The van der Waals surface area contributed by atoms with Crippen LogP contribution in [-0.2, 0) is 9.59 Å². The van der Waals surface area contributed by atoms with Gasteiger partial charge in [-0.1, -0.05) is 13.0 Å². The van der Waals surface area contributed by atoms with E-state index in [0.717, 1.165) is 4.90 Å². The van der Waals surface area contributed by atoms with Gasteiger partial charge in [-0.25, -0.2) is 0 Å². The van der Waals surface area contributed by atoms with Gasteiger partial charge in [-0.2, -0.15) is 10.2 Å². The maximum Gasteiger partial charge on any atom is 0.251 e. The second kappa shape index (κ2) is 7.08. The summed E-state index contributed by atoms with van der Waals surface area (Å²) < 4.78 is 0. The molecule has 1 saturated heterocycles. The minimum Gasteiger partial charge on any atom is -0.352 e. The lowest BCUT2D eigenvalue weighted by Crippen LogP contribution is -2.31. The first kappa shape index (κ1) is 17.8. The van der Waals surface area contributed by atoms with Gasteiger partial charge in [0.1, 0.15) is 0 Å². The molecule has 1 unspecified atom stereocenters. The molecule has 3 rings (SSSR count). The third kappa shape index (κ3) is 3.64. The lowest BCUT2D eigenvalue weighted by Gasteiger charge is -2.15. The van der Waals surface area contributed by atoms with Gasteiger partial charge >= 0.3 is 0 Å². The summed E-state index contributed by atoms with van der Waals surface area (Å²) in [7, 11) is 0. The largest absolute Gasteiger partial charge is 0.352 e. The smallest absolute Gasteiger partial charge is 0.251 e. The SMILES string of the molecule is C#CCCC1(CCNC(=O)c2cccc(N3C(=O)CC(C)C3=O)c2)N=N1. The van der Waals surface area contributed by atoms with Crippen LogP contribution < -0.4 is 10.2 Å². The summed E-state index contributed by atoms with van der Waals surface area (Å²) in [5, 5.41) is 10.9. The first-order valence-electron chi connectivity index (χ1n) is 8.58. The minimum absolute atomic E-state index is 0.196. The molecule has 134 valence electrons. The highest BCUT2D eigenvalue weighted by Crippen LogP contribution is 2.36. The number of rotatable bonds is 7. The third-order valence-corrected chi connectivity index (χ3v) is 4.60. The highest BCUT2D eigenvalue weighted by molar-refractivity contribution is 6.21. The monoisotopic (exact) mass is 352 g/mol. The van der Waals surface area contributed by atoms with Gasteiger partial charge in [0, 0.05) is 43.7 Å². The average Bonchev–Trinajstić information content (AvgIpc) is 3.34. The van der Waals surface area contributed by atoms with E-state index >= 15 is 0 Å². The fraction of sp³-hybridized carbons (Fsp3) is 0.421. The molecule has 1 aromatic carbocycles. The van der Waals surface area contributed by atoms with Crippen LogP contribution in [0.3, 0.4) is 0 Å². The molecule has 0 aromatic heterocycles. The fourth-order valence-electron chi connectivity index (χ4n) is 2.99. The molecule has 7 heteroatoms. The van der Waals surface area contributed by atoms with Gasteiger partial charge in [-0.15, -0.1) is 12.3 Å². The average molecular weight is 352 g/mol. The normalized spacial score (nSPS) is 20.2. The van der Waals surface area contributed by atoms with Crippen molar-refractivity contribution in [1.82, 2.24) is 5.32 Å². The van der Waals surface area contributed by atoms with Gasteiger partial charge in [-0.3, -0.25) is 19.3 Å². The molecular weight excluding hydrogens is 332 g/mol. The number of hydrogen-bond acceptors (Lipinski definition) is 5. The fourth-order valence-corrected chi connectivity index (χ4v) is 2.99. The molecule has 0 bridgehead atoms. The number of benzene rings is 1. The number of nitrogens with one attached hydrogen (secondary N) is 1. The first-order chi connectivity index (χ1) is 12.5. The zero-order chi connectivity index (χ0) is 18.7. The first-order valence-corrected chi connectivity index (χ1v) is 8.58. The van der Waals surface area contributed by atoms with Crippen molar-refractivity contribution in [2.45, 2.75) is 38.3 Å². The Labute approximate surface area is 151 Å². The maximum atomic E-state index is 12.4. The van der Waals surface area contributed by atoms with Crippen LogP contribution in [0.25, 0.3) is 0 Å². The Morgan fingerprint density at radius 3 is 2.77 bits per heavy atom. The Morgan fingerprint density at radius 2 is 2.15 bits per heavy atom. The molecule has 1 atom stereocenters. The Hall–Kier alpha value is -3.01. The highest BCUT2D eigenvalue weighted by atomic mass is 16.2. The maximum absolute atomic E-state index is 12.4. The van der Waals surface area contributed by atoms with Crippen LogP contribution >= 0.6 is 0 Å². The lowest BCUT2D eigenvalue weighted by molar-refractivity contribution is -0.122. The van der Waals surface area contributed by atoms with Crippen LogP contribution in [0.5, 0.6) is 0 Å². The number of imide groups is 1. The molecule has 0 radical (unpaired) electrons. The van der Waals surface area contributed by atoms with E-state index in [1.165, 1.54) is 0 Å². The van der Waals surface area contributed by atoms with Gasteiger partial charge in [0.25, 0.3) is 5.91 Å². The molecule has 2 heterocycles. The van der Waals surface area contributed by atoms with Crippen molar-refractivity contribution in [3.63, 3.8) is 0 Å². The van der Waals surface area contributed by atoms with Crippen LogP contribution in [0.1, 0.15) is 43.0 Å². The molecule has 26 heavy (non-hydrogen) atoms. The summed E-state index contributed by atoms with van der Waals surface area (Å²) in [6, 6.07) is 6.52. The summed E-state index contributed by atoms with van der Waals surface area (Å²) >= 11 is 0. The van der Waals surface area contributed by atoms with Crippen LogP contribution in [0, 0.1) is 18.3 Å². The predicted octanol–water partition coefficient (Wildman–Crippen LogP) is 2.28. The van der Waals surface area contributed by atoms with Crippen molar-refractivity contribution in [1.29, 1.82) is 0 Å². The molecule has 2 aliphatic rings. The van der Waals surface area contributed by atoms with Crippen molar-refractivity contribution < 1.29 is 14.4 Å². The van der Waals surface area contributed by atoms with Crippen LogP contribution in [0.2, 0.25) is 0 Å². The molecule has 1 aromatic rings. The molecule has 0 spiro atoms. The highest BCUT2D eigenvalue weighted by Gasteiger charge is 2.39. The lowest BCUT2D eigenvalue weighted by atomic mass is 10.0. The zero-order valence-corrected chi connectivity index (χ0v) is 14.6. The van der Waals surface area contributed by atoms with E-state index in [2.05, 4.69) is 21.5 Å². The quantitative estimate of drug-likeness (QED) is 0.603. The van der Waals surface area contributed by atoms with E-state index in [1.54, 1.807) is 31.2 Å². The second-order valence-electron chi connectivity index (χ2n) is 6.62. The van der Waals surface area contributed by atoms with E-state index in [1.807, 2.05) is 0 Å². The standard InChI is InChI=1S/C19H20N4O3/c1-3-4-8-19(21-22-19)9-10-20-17(25)14-6-5-7-15(12-14)23-16(24)11-13(2)18(23)26/h1,5-7,12-13H,4,8-11H2,2H3,(H,20,25). The van der Waals surface area contributed by atoms with E-state index in [0.29, 0.717) is 37.1 Å². The zero-order valence-electron chi connectivity index (χ0n) is 14.6. The molecular formula is C19H20N4O3. The van der Waals surface area contributed by atoms with Gasteiger partial charge in [0.05, 0.1) is 5.69 Å². The van der Waals surface area contributed by atoms with Gasteiger partial charge < -0.3 is 5.32 Å². The molecule has 7 nitrogen and oxygen atoms in total. The van der Waals surface area contributed by atoms with Crippen LogP contribution in [0.15, 0.2) is 34.5 Å². The van der Waals surface area contributed by atoms with Crippen molar-refractivity contribution in [3.05, 3.63) is 29.8 Å². The summed E-state index contributed by atoms with van der Waals surface area (Å²) in [4.78, 5) is 37.7. The minimum atomic E-state index is -0.438. The molecule has 1 N–H and O–H groups in total. The van der Waals surface area contributed by atoms with Crippen LogP contribution in [0.4, 0.5) is 5.69 Å². The van der Waals surface area contributed by atoms with Crippen molar-refractivity contribution in [3.8, 4) is 12.3 Å². The van der Waals surface area contributed by atoms with E-state index in [4.69, 9.17) is 6.42 Å². The Bertz CT molecular complexity index is 818. The predicted molar refractivity (Wildman–Crippen MR) is 95.3 cm³/mol. The Kier molecular flexibility index (Phi) is 4.85. The van der Waals surface area contributed by atoms with E-state index in [-0.39, 0.29) is 30.1 Å². The molecule has 3 amide bonds. The number of carbonyl (C=O) groups excluding carboxylic acids is 3. The number of nitrogens with zero attached hydrogens (tertiary/aromatic N) is 3. The summed E-state index contributed by atoms with van der Waals surface area (Å²) in [6.07, 6.45) is 7.33. The van der Waals surface area contributed by atoms with E-state index < -0.39 is 5.66 Å². The molecule has 0 saturated carbocycles. The second-order valence-corrected chi connectivity index (χ2v) is 6.62. The van der Waals surface area contributed by atoms with Crippen molar-refractivity contribution in [2.24, 2.45) is 16.1 Å². The Balaban J connectivity index is 1.60. The topological polar surface area (TPSA) is 91.2 Å². The molecule has 0 aliphatic carbocycles.